The first-order chi connectivity index (χ1) is 14.9. The van der Waals surface area contributed by atoms with E-state index in [4.69, 9.17) is 11.6 Å². The summed E-state index contributed by atoms with van der Waals surface area (Å²) in [5.74, 6) is -1.30. The molecular weight excluding hydrogens is 418 g/mol. The largest absolute Gasteiger partial charge is 0.385 e. The smallest absolute Gasteiger partial charge is 0.313 e. The number of likely N-dealkylation sites (tertiary alicyclic amines) is 1. The zero-order valence-corrected chi connectivity index (χ0v) is 17.5. The van der Waals surface area contributed by atoms with Gasteiger partial charge in [0.1, 0.15) is 12.7 Å². The highest BCUT2D eigenvalue weighted by atomic mass is 35.5. The molecule has 9 heteroatoms. The zero-order valence-electron chi connectivity index (χ0n) is 16.7. The number of piperidine rings is 1. The first-order valence-corrected chi connectivity index (χ1v) is 10.3. The Bertz CT molecular complexity index is 1040. The van der Waals surface area contributed by atoms with Crippen LogP contribution in [0, 0.1) is 0 Å². The minimum atomic E-state index is -1.03. The molecule has 3 aromatic rings. The maximum absolute atomic E-state index is 12.6. The SMILES string of the molecule is O=C(Nc1ccc(Cn2cncn2)cc1)C(=O)N1CCC(O)(c2ccc(Cl)cc2)CC1. The fraction of sp³-hybridized carbons (Fsp3) is 0.273. The molecule has 0 radical (unpaired) electrons. The molecule has 0 spiro atoms. The Morgan fingerprint density at radius 1 is 1.06 bits per heavy atom. The van der Waals surface area contributed by atoms with Gasteiger partial charge < -0.3 is 15.3 Å². The van der Waals surface area contributed by atoms with Crippen molar-refractivity contribution in [1.29, 1.82) is 0 Å². The van der Waals surface area contributed by atoms with E-state index in [1.807, 2.05) is 12.1 Å². The predicted molar refractivity (Wildman–Crippen MR) is 115 cm³/mol. The quantitative estimate of drug-likeness (QED) is 0.608. The van der Waals surface area contributed by atoms with Gasteiger partial charge in [-0.15, -0.1) is 0 Å². The Labute approximate surface area is 184 Å². The van der Waals surface area contributed by atoms with Gasteiger partial charge in [-0.1, -0.05) is 35.9 Å². The van der Waals surface area contributed by atoms with E-state index in [0.29, 0.717) is 43.2 Å². The predicted octanol–water partition coefficient (Wildman–Crippen LogP) is 2.43. The molecule has 1 fully saturated rings. The molecule has 160 valence electrons. The van der Waals surface area contributed by atoms with E-state index in [1.165, 1.54) is 11.2 Å². The van der Waals surface area contributed by atoms with Crippen molar-refractivity contribution in [3.63, 3.8) is 0 Å². The fourth-order valence-electron chi connectivity index (χ4n) is 3.65. The van der Waals surface area contributed by atoms with E-state index in [2.05, 4.69) is 15.4 Å². The number of hydrogen-bond acceptors (Lipinski definition) is 5. The zero-order chi connectivity index (χ0) is 21.8. The highest BCUT2D eigenvalue weighted by Crippen LogP contribution is 2.33. The van der Waals surface area contributed by atoms with Crippen molar-refractivity contribution in [2.75, 3.05) is 18.4 Å². The molecule has 2 N–H and O–H groups in total. The number of benzene rings is 2. The Morgan fingerprint density at radius 3 is 2.35 bits per heavy atom. The molecule has 0 saturated carbocycles. The van der Waals surface area contributed by atoms with E-state index < -0.39 is 17.4 Å². The van der Waals surface area contributed by atoms with Crippen LogP contribution in [0.25, 0.3) is 0 Å². The summed E-state index contributed by atoms with van der Waals surface area (Å²) >= 11 is 5.92. The van der Waals surface area contributed by atoms with Gasteiger partial charge in [0.2, 0.25) is 0 Å². The number of rotatable bonds is 4. The van der Waals surface area contributed by atoms with Gasteiger partial charge >= 0.3 is 11.8 Å². The summed E-state index contributed by atoms with van der Waals surface area (Å²) in [6, 6.07) is 14.2. The summed E-state index contributed by atoms with van der Waals surface area (Å²) in [4.78, 5) is 30.4. The molecule has 0 bridgehead atoms. The van der Waals surface area contributed by atoms with E-state index in [9.17, 15) is 14.7 Å². The Hall–Kier alpha value is -3.23. The molecule has 1 aromatic heterocycles. The number of halogens is 1. The van der Waals surface area contributed by atoms with E-state index in [-0.39, 0.29) is 0 Å². The summed E-state index contributed by atoms with van der Waals surface area (Å²) in [5, 5.41) is 18.2. The summed E-state index contributed by atoms with van der Waals surface area (Å²) in [5.41, 5.74) is 1.26. The third-order valence-corrected chi connectivity index (χ3v) is 5.73. The fourth-order valence-corrected chi connectivity index (χ4v) is 3.78. The molecule has 4 rings (SSSR count). The number of aromatic nitrogens is 3. The lowest BCUT2D eigenvalue weighted by Gasteiger charge is -2.38. The average molecular weight is 440 g/mol. The molecule has 1 aliphatic rings. The maximum Gasteiger partial charge on any atom is 0.313 e. The molecular formula is C22H22ClN5O3. The molecule has 2 aromatic carbocycles. The van der Waals surface area contributed by atoms with Gasteiger partial charge in [0.05, 0.1) is 12.1 Å². The van der Waals surface area contributed by atoms with Crippen molar-refractivity contribution in [3.8, 4) is 0 Å². The number of hydrogen-bond donors (Lipinski definition) is 2. The van der Waals surface area contributed by atoms with Crippen LogP contribution >= 0.6 is 11.6 Å². The topological polar surface area (TPSA) is 100 Å². The summed E-state index contributed by atoms with van der Waals surface area (Å²) in [6.45, 7) is 1.15. The lowest BCUT2D eigenvalue weighted by atomic mass is 9.84. The number of aliphatic hydroxyl groups is 1. The highest BCUT2D eigenvalue weighted by Gasteiger charge is 2.36. The molecule has 0 aliphatic carbocycles. The Kier molecular flexibility index (Phi) is 6.01. The molecule has 31 heavy (non-hydrogen) atoms. The van der Waals surface area contributed by atoms with Crippen molar-refractivity contribution in [3.05, 3.63) is 77.3 Å². The second-order valence-electron chi connectivity index (χ2n) is 7.57. The normalized spacial score (nSPS) is 15.5. The maximum atomic E-state index is 12.6. The molecule has 8 nitrogen and oxygen atoms in total. The van der Waals surface area contributed by atoms with Crippen molar-refractivity contribution >= 4 is 29.1 Å². The third kappa shape index (κ3) is 4.92. The minimum absolute atomic E-state index is 0.294. The van der Waals surface area contributed by atoms with Gasteiger partial charge in [-0.25, -0.2) is 9.67 Å². The van der Waals surface area contributed by atoms with Crippen molar-refractivity contribution in [1.82, 2.24) is 19.7 Å². The second-order valence-corrected chi connectivity index (χ2v) is 8.01. The van der Waals surface area contributed by atoms with E-state index in [1.54, 1.807) is 47.4 Å². The first kappa shape index (κ1) is 21.0. The van der Waals surface area contributed by atoms with E-state index >= 15 is 0 Å². The number of carbonyl (C=O) groups is 2. The highest BCUT2D eigenvalue weighted by molar-refractivity contribution is 6.39. The number of carbonyl (C=O) groups excluding carboxylic acids is 2. The average Bonchev–Trinajstić information content (AvgIpc) is 3.28. The van der Waals surface area contributed by atoms with Gasteiger partial charge in [0.15, 0.2) is 0 Å². The van der Waals surface area contributed by atoms with Crippen LogP contribution in [0.1, 0.15) is 24.0 Å². The molecule has 2 heterocycles. The van der Waals surface area contributed by atoms with Crippen LogP contribution in [0.15, 0.2) is 61.2 Å². The number of nitrogens with zero attached hydrogens (tertiary/aromatic N) is 4. The Balaban J connectivity index is 1.31. The van der Waals surface area contributed by atoms with Crippen LogP contribution in [0.5, 0.6) is 0 Å². The molecule has 1 aliphatic heterocycles. The van der Waals surface area contributed by atoms with Gasteiger partial charge in [0, 0.05) is 23.8 Å². The number of amides is 2. The summed E-state index contributed by atoms with van der Waals surface area (Å²) in [7, 11) is 0. The molecule has 2 amide bonds. The molecule has 1 saturated heterocycles. The van der Waals surface area contributed by atoms with Crippen molar-refractivity contribution in [2.24, 2.45) is 0 Å². The first-order valence-electron chi connectivity index (χ1n) is 9.93. The lowest BCUT2D eigenvalue weighted by molar-refractivity contribution is -0.146. The number of nitrogens with one attached hydrogen (secondary N) is 1. The van der Waals surface area contributed by atoms with Crippen LogP contribution in [0.4, 0.5) is 5.69 Å². The molecule has 0 atom stereocenters. The van der Waals surface area contributed by atoms with Gasteiger partial charge in [-0.05, 0) is 48.2 Å². The van der Waals surface area contributed by atoms with Crippen LogP contribution in [0.3, 0.4) is 0 Å². The van der Waals surface area contributed by atoms with E-state index in [0.717, 1.165) is 11.1 Å². The van der Waals surface area contributed by atoms with Crippen molar-refractivity contribution in [2.45, 2.75) is 25.0 Å². The van der Waals surface area contributed by atoms with Crippen LogP contribution < -0.4 is 5.32 Å². The summed E-state index contributed by atoms with van der Waals surface area (Å²) < 4.78 is 1.69. The third-order valence-electron chi connectivity index (χ3n) is 5.48. The Morgan fingerprint density at radius 2 is 1.74 bits per heavy atom. The van der Waals surface area contributed by atoms with Gasteiger partial charge in [0.25, 0.3) is 0 Å². The second kappa shape index (κ2) is 8.87. The van der Waals surface area contributed by atoms with Crippen LogP contribution in [-0.4, -0.2) is 49.7 Å². The van der Waals surface area contributed by atoms with Crippen molar-refractivity contribution < 1.29 is 14.7 Å². The summed E-state index contributed by atoms with van der Waals surface area (Å²) in [6.07, 6.45) is 3.80. The number of anilines is 1. The van der Waals surface area contributed by atoms with Gasteiger partial charge in [-0.3, -0.25) is 9.59 Å². The molecule has 0 unspecified atom stereocenters. The minimum Gasteiger partial charge on any atom is -0.385 e. The lowest BCUT2D eigenvalue weighted by Crippen LogP contribution is -2.48. The van der Waals surface area contributed by atoms with Gasteiger partial charge in [-0.2, -0.15) is 5.10 Å². The van der Waals surface area contributed by atoms with Crippen LogP contribution in [-0.2, 0) is 21.7 Å². The van der Waals surface area contributed by atoms with Crippen LogP contribution in [0.2, 0.25) is 5.02 Å². The monoisotopic (exact) mass is 439 g/mol. The standard InChI is InChI=1S/C22H22ClN5O3/c23-18-5-3-17(4-6-18)22(31)9-11-27(12-10-22)21(30)20(29)26-19-7-1-16(2-8-19)13-28-15-24-14-25-28/h1-8,14-15,31H,9-13H2,(H,26,29).